The number of sulfonamides is 1. The van der Waals surface area contributed by atoms with Crippen molar-refractivity contribution >= 4 is 31.5 Å². The highest BCUT2D eigenvalue weighted by Gasteiger charge is 2.38. The SMILES string of the molecule is CCN([C@H]1CCS(=O)(=O)C1)S(=O)(=O)c1ccc(F)c(Cl)c1. The van der Waals surface area contributed by atoms with Crippen LogP contribution in [0.15, 0.2) is 23.1 Å². The van der Waals surface area contributed by atoms with E-state index in [1.54, 1.807) is 6.92 Å². The first kappa shape index (κ1) is 16.7. The van der Waals surface area contributed by atoms with Crippen LogP contribution in [0.1, 0.15) is 13.3 Å². The molecule has 0 spiro atoms. The molecule has 0 aliphatic carbocycles. The van der Waals surface area contributed by atoms with Crippen LogP contribution in [-0.2, 0) is 19.9 Å². The van der Waals surface area contributed by atoms with Crippen molar-refractivity contribution in [3.8, 4) is 0 Å². The molecular formula is C12H15ClFNO4S2. The molecule has 1 aromatic carbocycles. The van der Waals surface area contributed by atoms with Gasteiger partial charge in [0.15, 0.2) is 9.84 Å². The van der Waals surface area contributed by atoms with Gasteiger partial charge in [-0.2, -0.15) is 4.31 Å². The van der Waals surface area contributed by atoms with Crippen molar-refractivity contribution in [3.63, 3.8) is 0 Å². The zero-order valence-electron chi connectivity index (χ0n) is 11.3. The third-order valence-electron chi connectivity index (χ3n) is 3.42. The van der Waals surface area contributed by atoms with Crippen LogP contribution in [0.25, 0.3) is 0 Å². The quantitative estimate of drug-likeness (QED) is 0.823. The normalized spacial score (nSPS) is 21.8. The molecule has 0 N–H and O–H groups in total. The zero-order valence-corrected chi connectivity index (χ0v) is 13.7. The summed E-state index contributed by atoms with van der Waals surface area (Å²) in [6.07, 6.45) is 0.268. The van der Waals surface area contributed by atoms with E-state index in [-0.39, 0.29) is 34.4 Å². The molecule has 1 fully saturated rings. The van der Waals surface area contributed by atoms with Gasteiger partial charge in [0, 0.05) is 12.6 Å². The molecule has 1 atom stereocenters. The first-order valence-electron chi connectivity index (χ1n) is 6.34. The molecule has 2 rings (SSSR count). The Morgan fingerprint density at radius 2 is 2.10 bits per heavy atom. The Hall–Kier alpha value is -0.700. The Labute approximate surface area is 128 Å². The predicted molar refractivity (Wildman–Crippen MR) is 78.0 cm³/mol. The number of benzene rings is 1. The maximum Gasteiger partial charge on any atom is 0.243 e. The van der Waals surface area contributed by atoms with Gasteiger partial charge in [0.1, 0.15) is 5.82 Å². The van der Waals surface area contributed by atoms with Crippen molar-refractivity contribution < 1.29 is 21.2 Å². The van der Waals surface area contributed by atoms with Crippen LogP contribution in [0.4, 0.5) is 4.39 Å². The van der Waals surface area contributed by atoms with Crippen molar-refractivity contribution in [2.45, 2.75) is 24.3 Å². The van der Waals surface area contributed by atoms with Crippen LogP contribution in [0.5, 0.6) is 0 Å². The van der Waals surface area contributed by atoms with Crippen LogP contribution in [0.3, 0.4) is 0 Å². The summed E-state index contributed by atoms with van der Waals surface area (Å²) < 4.78 is 62.5. The van der Waals surface area contributed by atoms with Gasteiger partial charge in [0.05, 0.1) is 21.4 Å². The van der Waals surface area contributed by atoms with Gasteiger partial charge in [-0.25, -0.2) is 21.2 Å². The number of rotatable bonds is 4. The minimum Gasteiger partial charge on any atom is -0.229 e. The first-order chi connectivity index (χ1) is 9.67. The highest BCUT2D eigenvalue weighted by molar-refractivity contribution is 7.92. The third-order valence-corrected chi connectivity index (χ3v) is 7.49. The fourth-order valence-electron chi connectivity index (χ4n) is 2.40. The van der Waals surface area contributed by atoms with E-state index in [0.29, 0.717) is 0 Å². The summed E-state index contributed by atoms with van der Waals surface area (Å²) in [5.74, 6) is -0.912. The van der Waals surface area contributed by atoms with E-state index in [2.05, 4.69) is 0 Å². The molecule has 1 aliphatic heterocycles. The Morgan fingerprint density at radius 1 is 1.43 bits per heavy atom. The standard InChI is InChI=1S/C12H15ClFNO4S2/c1-2-15(9-5-6-20(16,17)8-9)21(18,19)10-3-4-12(14)11(13)7-10/h3-4,7,9H,2,5-6,8H2,1H3/t9-/m0/s1. The maximum absolute atomic E-state index is 13.2. The van der Waals surface area contributed by atoms with Crippen molar-refractivity contribution in [1.82, 2.24) is 4.31 Å². The molecule has 1 aliphatic rings. The number of hydrogen-bond acceptors (Lipinski definition) is 4. The number of halogens is 2. The molecule has 1 saturated heterocycles. The number of hydrogen-bond donors (Lipinski definition) is 0. The summed E-state index contributed by atoms with van der Waals surface area (Å²) in [6.45, 7) is 1.77. The van der Waals surface area contributed by atoms with Gasteiger partial charge in [-0.15, -0.1) is 0 Å². The Balaban J connectivity index is 2.38. The summed E-state index contributed by atoms with van der Waals surface area (Å²) in [5, 5.41) is -0.286. The van der Waals surface area contributed by atoms with Gasteiger partial charge in [0.25, 0.3) is 0 Å². The van der Waals surface area contributed by atoms with Crippen LogP contribution in [0, 0.1) is 5.82 Å². The molecule has 0 bridgehead atoms. The lowest BCUT2D eigenvalue weighted by Crippen LogP contribution is -2.40. The zero-order chi connectivity index (χ0) is 15.8. The second-order valence-electron chi connectivity index (χ2n) is 4.84. The lowest BCUT2D eigenvalue weighted by molar-refractivity contribution is 0.354. The highest BCUT2D eigenvalue weighted by atomic mass is 35.5. The molecule has 118 valence electrons. The van der Waals surface area contributed by atoms with Gasteiger partial charge in [-0.05, 0) is 24.6 Å². The molecule has 1 aromatic rings. The van der Waals surface area contributed by atoms with Gasteiger partial charge in [-0.1, -0.05) is 18.5 Å². The molecule has 0 saturated carbocycles. The summed E-state index contributed by atoms with van der Waals surface area (Å²) in [7, 11) is -7.11. The van der Waals surface area contributed by atoms with Crippen LogP contribution < -0.4 is 0 Å². The predicted octanol–water partition coefficient (Wildman–Crippen LogP) is 1.68. The lowest BCUT2D eigenvalue weighted by Gasteiger charge is -2.26. The molecular weight excluding hydrogens is 341 g/mol. The van der Waals surface area contributed by atoms with Crippen LogP contribution >= 0.6 is 11.6 Å². The van der Waals surface area contributed by atoms with E-state index in [9.17, 15) is 21.2 Å². The van der Waals surface area contributed by atoms with E-state index in [1.807, 2.05) is 0 Å². The number of nitrogens with zero attached hydrogens (tertiary/aromatic N) is 1. The van der Waals surface area contributed by atoms with Crippen LogP contribution in [0.2, 0.25) is 5.02 Å². The van der Waals surface area contributed by atoms with Crippen molar-refractivity contribution in [3.05, 3.63) is 29.0 Å². The van der Waals surface area contributed by atoms with Gasteiger partial charge in [0.2, 0.25) is 10.0 Å². The summed E-state index contributed by atoms with van der Waals surface area (Å²) >= 11 is 5.62. The second kappa shape index (κ2) is 5.83. The van der Waals surface area contributed by atoms with Gasteiger partial charge >= 0.3 is 0 Å². The molecule has 0 radical (unpaired) electrons. The Kier molecular flexibility index (Phi) is 4.63. The largest absolute Gasteiger partial charge is 0.243 e. The van der Waals surface area contributed by atoms with Crippen molar-refractivity contribution in [2.75, 3.05) is 18.1 Å². The van der Waals surface area contributed by atoms with Gasteiger partial charge in [-0.3, -0.25) is 0 Å². The maximum atomic E-state index is 13.2. The van der Waals surface area contributed by atoms with E-state index in [0.717, 1.165) is 22.5 Å². The summed E-state index contributed by atoms with van der Waals surface area (Å²) in [4.78, 5) is -0.139. The van der Waals surface area contributed by atoms with Crippen molar-refractivity contribution in [2.24, 2.45) is 0 Å². The van der Waals surface area contributed by atoms with Crippen LogP contribution in [-0.4, -0.2) is 45.2 Å². The Bertz CT molecular complexity index is 749. The molecule has 0 aromatic heterocycles. The summed E-state index contributed by atoms with van der Waals surface area (Å²) in [5.41, 5.74) is 0. The molecule has 1 heterocycles. The second-order valence-corrected chi connectivity index (χ2v) is 9.37. The van der Waals surface area contributed by atoms with E-state index in [1.165, 1.54) is 0 Å². The first-order valence-corrected chi connectivity index (χ1v) is 9.98. The van der Waals surface area contributed by atoms with E-state index < -0.39 is 31.7 Å². The average molecular weight is 356 g/mol. The molecule has 21 heavy (non-hydrogen) atoms. The minimum absolute atomic E-state index is 0.0200. The molecule has 9 heteroatoms. The topological polar surface area (TPSA) is 71.5 Å². The van der Waals surface area contributed by atoms with Crippen molar-refractivity contribution in [1.29, 1.82) is 0 Å². The van der Waals surface area contributed by atoms with Gasteiger partial charge < -0.3 is 0 Å². The minimum atomic E-state index is -3.91. The highest BCUT2D eigenvalue weighted by Crippen LogP contribution is 2.27. The monoisotopic (exact) mass is 355 g/mol. The smallest absolute Gasteiger partial charge is 0.229 e. The van der Waals surface area contributed by atoms with E-state index >= 15 is 0 Å². The summed E-state index contributed by atoms with van der Waals surface area (Å²) in [6, 6.07) is 2.56. The molecule has 0 unspecified atom stereocenters. The average Bonchev–Trinajstić information content (AvgIpc) is 2.73. The Morgan fingerprint density at radius 3 is 2.57 bits per heavy atom. The molecule has 5 nitrogen and oxygen atoms in total. The number of sulfone groups is 1. The van der Waals surface area contributed by atoms with E-state index in [4.69, 9.17) is 11.6 Å². The fraction of sp³-hybridized carbons (Fsp3) is 0.500. The lowest BCUT2D eigenvalue weighted by atomic mass is 10.3. The third kappa shape index (κ3) is 3.39. The fourth-order valence-corrected chi connectivity index (χ4v) is 6.16. The molecule has 0 amide bonds.